The van der Waals surface area contributed by atoms with Crippen LogP contribution in [-0.2, 0) is 17.8 Å². The molecule has 3 aromatic rings. The summed E-state index contributed by atoms with van der Waals surface area (Å²) < 4.78 is 18.6. The van der Waals surface area contributed by atoms with Gasteiger partial charge in [0.2, 0.25) is 17.6 Å². The van der Waals surface area contributed by atoms with Gasteiger partial charge < -0.3 is 14.7 Å². The molecular formula is C22H24FN5O2. The summed E-state index contributed by atoms with van der Waals surface area (Å²) in [4.78, 5) is 23.8. The first-order chi connectivity index (χ1) is 14.6. The number of hydrogen-bond donors (Lipinski definition) is 1. The Morgan fingerprint density at radius 3 is 3.03 bits per heavy atom. The minimum atomic E-state index is -0.305. The predicted octanol–water partition coefficient (Wildman–Crippen LogP) is 3.37. The molecule has 1 unspecified atom stereocenters. The summed E-state index contributed by atoms with van der Waals surface area (Å²) in [6.07, 6.45) is 4.07. The van der Waals surface area contributed by atoms with Crippen molar-refractivity contribution in [3.05, 3.63) is 59.9 Å². The van der Waals surface area contributed by atoms with Gasteiger partial charge >= 0.3 is 0 Å². The molecule has 1 atom stereocenters. The summed E-state index contributed by atoms with van der Waals surface area (Å²) in [6.45, 7) is 3.62. The number of aryl methyl sites for hydroxylation is 1. The number of nitrogens with zero attached hydrogens (tertiary/aromatic N) is 4. The average molecular weight is 409 g/mol. The van der Waals surface area contributed by atoms with Crippen molar-refractivity contribution < 1.29 is 13.7 Å². The number of halogens is 1. The summed E-state index contributed by atoms with van der Waals surface area (Å²) in [5.74, 6) is 1.33. The van der Waals surface area contributed by atoms with E-state index in [0.29, 0.717) is 31.2 Å². The Hall–Kier alpha value is -3.29. The van der Waals surface area contributed by atoms with Crippen molar-refractivity contribution in [1.29, 1.82) is 0 Å². The van der Waals surface area contributed by atoms with Crippen molar-refractivity contribution >= 4 is 11.7 Å². The molecule has 0 radical (unpaired) electrons. The molecule has 2 aromatic heterocycles. The third-order valence-electron chi connectivity index (χ3n) is 5.25. The van der Waals surface area contributed by atoms with E-state index in [1.807, 2.05) is 19.1 Å². The van der Waals surface area contributed by atoms with Gasteiger partial charge in [-0.1, -0.05) is 24.2 Å². The van der Waals surface area contributed by atoms with E-state index < -0.39 is 0 Å². The highest BCUT2D eigenvalue weighted by Crippen LogP contribution is 2.30. The standard InChI is InChI=1S/C22H24FN5O2/c1-2-19-26-20(27-30-19)18-9-4-10-24-21(18)28-11-5-7-16(14-28)22(29)25-13-15-6-3-8-17(23)12-15/h3-4,6,8-10,12,16H,2,5,7,11,13-14H2,1H3,(H,25,29). The minimum Gasteiger partial charge on any atom is -0.355 e. The Balaban J connectivity index is 1.46. The van der Waals surface area contributed by atoms with E-state index >= 15 is 0 Å². The smallest absolute Gasteiger partial charge is 0.226 e. The number of piperidine rings is 1. The molecule has 8 heteroatoms. The van der Waals surface area contributed by atoms with Crippen LogP contribution in [0.2, 0.25) is 0 Å². The van der Waals surface area contributed by atoms with Crippen LogP contribution >= 0.6 is 0 Å². The Bertz CT molecular complexity index is 1020. The molecule has 0 spiro atoms. The van der Waals surface area contributed by atoms with Crippen LogP contribution in [0.3, 0.4) is 0 Å². The molecule has 0 saturated carbocycles. The van der Waals surface area contributed by atoms with Crippen LogP contribution in [0.15, 0.2) is 47.1 Å². The number of aromatic nitrogens is 3. The average Bonchev–Trinajstić information content (AvgIpc) is 3.27. The second-order valence-electron chi connectivity index (χ2n) is 7.37. The fourth-order valence-corrected chi connectivity index (χ4v) is 3.70. The number of nitrogens with one attached hydrogen (secondary N) is 1. The van der Waals surface area contributed by atoms with Crippen LogP contribution in [0.4, 0.5) is 10.2 Å². The number of hydrogen-bond acceptors (Lipinski definition) is 6. The zero-order valence-electron chi connectivity index (χ0n) is 16.8. The highest BCUT2D eigenvalue weighted by molar-refractivity contribution is 5.80. The third kappa shape index (κ3) is 4.48. The maximum atomic E-state index is 13.3. The van der Waals surface area contributed by atoms with Gasteiger partial charge in [-0.25, -0.2) is 9.37 Å². The molecule has 7 nitrogen and oxygen atoms in total. The Morgan fingerprint density at radius 1 is 1.33 bits per heavy atom. The lowest BCUT2D eigenvalue weighted by Crippen LogP contribution is -2.43. The van der Waals surface area contributed by atoms with Gasteiger partial charge in [0.15, 0.2) is 0 Å². The fourth-order valence-electron chi connectivity index (χ4n) is 3.70. The number of benzene rings is 1. The molecule has 1 aliphatic heterocycles. The molecule has 1 fully saturated rings. The molecular weight excluding hydrogens is 385 g/mol. The fraction of sp³-hybridized carbons (Fsp3) is 0.364. The molecule has 1 amide bonds. The second-order valence-corrected chi connectivity index (χ2v) is 7.37. The first kappa shape index (κ1) is 20.0. The molecule has 0 bridgehead atoms. The van der Waals surface area contributed by atoms with Gasteiger partial charge in [0.1, 0.15) is 11.6 Å². The topological polar surface area (TPSA) is 84.2 Å². The summed E-state index contributed by atoms with van der Waals surface area (Å²) in [6, 6.07) is 10.0. The lowest BCUT2D eigenvalue weighted by atomic mass is 9.96. The first-order valence-corrected chi connectivity index (χ1v) is 10.2. The zero-order chi connectivity index (χ0) is 20.9. The summed E-state index contributed by atoms with van der Waals surface area (Å²) in [7, 11) is 0. The SMILES string of the molecule is CCc1nc(-c2cccnc2N2CCCC(C(=O)NCc3cccc(F)c3)C2)no1. The van der Waals surface area contributed by atoms with Gasteiger partial charge in [0, 0.05) is 32.3 Å². The maximum Gasteiger partial charge on any atom is 0.226 e. The van der Waals surface area contributed by atoms with Crippen molar-refractivity contribution in [3.63, 3.8) is 0 Å². The van der Waals surface area contributed by atoms with Crippen LogP contribution in [0, 0.1) is 11.7 Å². The Morgan fingerprint density at radius 2 is 2.23 bits per heavy atom. The molecule has 1 N–H and O–H groups in total. The number of carbonyl (C=O) groups excluding carboxylic acids is 1. The molecule has 4 rings (SSSR count). The van der Waals surface area contributed by atoms with Crippen LogP contribution in [0.1, 0.15) is 31.2 Å². The summed E-state index contributed by atoms with van der Waals surface area (Å²) in [5, 5.41) is 7.01. The van der Waals surface area contributed by atoms with Gasteiger partial charge in [-0.05, 0) is 42.7 Å². The van der Waals surface area contributed by atoms with Crippen LogP contribution < -0.4 is 10.2 Å². The van der Waals surface area contributed by atoms with E-state index in [0.717, 1.165) is 36.3 Å². The Labute approximate surface area is 174 Å². The highest BCUT2D eigenvalue weighted by Gasteiger charge is 2.28. The van der Waals surface area contributed by atoms with E-state index in [-0.39, 0.29) is 17.6 Å². The molecule has 1 aromatic carbocycles. The van der Waals surface area contributed by atoms with E-state index in [1.54, 1.807) is 18.3 Å². The molecule has 0 aliphatic carbocycles. The number of amides is 1. The number of anilines is 1. The first-order valence-electron chi connectivity index (χ1n) is 10.2. The molecule has 1 aliphatic rings. The van der Waals surface area contributed by atoms with Crippen molar-refractivity contribution in [2.75, 3.05) is 18.0 Å². The Kier molecular flexibility index (Phi) is 6.02. The third-order valence-corrected chi connectivity index (χ3v) is 5.25. The van der Waals surface area contributed by atoms with Gasteiger partial charge in [0.05, 0.1) is 11.5 Å². The summed E-state index contributed by atoms with van der Waals surface area (Å²) in [5.41, 5.74) is 1.54. The minimum absolute atomic E-state index is 0.0331. The van der Waals surface area contributed by atoms with Crippen molar-refractivity contribution in [2.24, 2.45) is 5.92 Å². The lowest BCUT2D eigenvalue weighted by molar-refractivity contribution is -0.125. The monoisotopic (exact) mass is 409 g/mol. The van der Waals surface area contributed by atoms with Gasteiger partial charge in [-0.3, -0.25) is 4.79 Å². The van der Waals surface area contributed by atoms with Crippen LogP contribution in [-0.4, -0.2) is 34.1 Å². The second kappa shape index (κ2) is 9.02. The van der Waals surface area contributed by atoms with Crippen molar-refractivity contribution in [3.8, 4) is 11.4 Å². The van der Waals surface area contributed by atoms with E-state index in [4.69, 9.17) is 4.52 Å². The largest absolute Gasteiger partial charge is 0.355 e. The molecule has 3 heterocycles. The van der Waals surface area contributed by atoms with Crippen LogP contribution in [0.25, 0.3) is 11.4 Å². The summed E-state index contributed by atoms with van der Waals surface area (Å²) >= 11 is 0. The predicted molar refractivity (Wildman–Crippen MR) is 110 cm³/mol. The van der Waals surface area contributed by atoms with Gasteiger partial charge in [-0.15, -0.1) is 0 Å². The number of carbonyl (C=O) groups is 1. The van der Waals surface area contributed by atoms with Crippen molar-refractivity contribution in [2.45, 2.75) is 32.7 Å². The quantitative estimate of drug-likeness (QED) is 0.672. The van der Waals surface area contributed by atoms with Gasteiger partial charge in [0.25, 0.3) is 0 Å². The van der Waals surface area contributed by atoms with Crippen LogP contribution in [0.5, 0.6) is 0 Å². The van der Waals surface area contributed by atoms with E-state index in [9.17, 15) is 9.18 Å². The number of pyridine rings is 1. The molecule has 30 heavy (non-hydrogen) atoms. The molecule has 156 valence electrons. The molecule has 1 saturated heterocycles. The van der Waals surface area contributed by atoms with E-state index in [2.05, 4.69) is 25.3 Å². The normalized spacial score (nSPS) is 16.5. The lowest BCUT2D eigenvalue weighted by Gasteiger charge is -2.33. The van der Waals surface area contributed by atoms with Crippen molar-refractivity contribution in [1.82, 2.24) is 20.4 Å². The zero-order valence-corrected chi connectivity index (χ0v) is 16.8. The van der Waals surface area contributed by atoms with Gasteiger partial charge in [-0.2, -0.15) is 4.98 Å². The van der Waals surface area contributed by atoms with E-state index in [1.165, 1.54) is 12.1 Å². The maximum absolute atomic E-state index is 13.3. The number of rotatable bonds is 6. The highest BCUT2D eigenvalue weighted by atomic mass is 19.1.